The van der Waals surface area contributed by atoms with Crippen LogP contribution in [0.25, 0.3) is 49.6 Å². The van der Waals surface area contributed by atoms with Crippen LogP contribution < -0.4 is 28.3 Å². The van der Waals surface area contributed by atoms with Crippen LogP contribution in [-0.2, 0) is 34.8 Å². The molecule has 4 aromatic carbocycles. The number of hydrogen-bond acceptors (Lipinski definition) is 10. The lowest BCUT2D eigenvalue weighted by molar-refractivity contribution is -0.838. The summed E-state index contributed by atoms with van der Waals surface area (Å²) in [5.41, 5.74) is 7.95. The maximum Gasteiger partial charge on any atom is 0.518 e. The summed E-state index contributed by atoms with van der Waals surface area (Å²) < 4.78 is 61.0. The van der Waals surface area contributed by atoms with Crippen LogP contribution in [0.1, 0.15) is 22.3 Å². The van der Waals surface area contributed by atoms with Gasteiger partial charge in [0.2, 0.25) is 0 Å². The average molecular weight is 853 g/mol. The van der Waals surface area contributed by atoms with E-state index in [2.05, 4.69) is 15.0 Å². The molecule has 0 aliphatic carbocycles. The molecule has 0 fully saturated rings. The van der Waals surface area contributed by atoms with Gasteiger partial charge in [-0.2, -0.15) is 9.29 Å². The highest BCUT2D eigenvalue weighted by molar-refractivity contribution is 7.51. The van der Waals surface area contributed by atoms with Crippen LogP contribution in [0.5, 0.6) is 23.0 Å². The molecule has 8 aromatic rings. The summed E-state index contributed by atoms with van der Waals surface area (Å²) >= 11 is 0. The Labute approximate surface area is 342 Å². The molecule has 4 aromatic heterocycles. The fourth-order valence-corrected chi connectivity index (χ4v) is 9.69. The third-order valence-electron chi connectivity index (χ3n) is 10.8. The van der Waals surface area contributed by atoms with Crippen LogP contribution in [0.2, 0.25) is 0 Å². The summed E-state index contributed by atoms with van der Waals surface area (Å²) in [6.07, 6.45) is 6.83. The van der Waals surface area contributed by atoms with Gasteiger partial charge >= 0.3 is 15.3 Å². The number of pyridine rings is 2. The van der Waals surface area contributed by atoms with E-state index in [1.807, 2.05) is 51.6 Å². The summed E-state index contributed by atoms with van der Waals surface area (Å²) in [6.45, 7) is 0.779. The SMILES string of the molecule is COc1cc2ncc3ncn(-c4ccc5c(c4)CN(P(=O)(O)O[n+]4cc6ncn(Cc7ccc(CP(=O)(O)O)cc7)c6c6cc(OC)c(OC)cc64)CC5)c3c2cc1OC. The zero-order chi connectivity index (χ0) is 41.9. The number of fused-ring (bicyclic) bond motifs is 7. The molecule has 19 heteroatoms. The Balaban J connectivity index is 1.05. The molecule has 17 nitrogen and oxygen atoms in total. The molecule has 308 valence electrons. The van der Waals surface area contributed by atoms with E-state index in [0.717, 1.165) is 33.3 Å². The number of methoxy groups -OCH3 is 4. The molecule has 1 atom stereocenters. The Morgan fingerprint density at radius 2 is 1.37 bits per heavy atom. The standard InChI is InChI=1S/C41H39N7O10P2/c1-54-36-14-30-32(16-38(36)56-3)42-18-33-41(30)47(24-44-33)29-10-9-27-11-12-46(20-28(27)13-29)60(52,53)58-48-21-34-40(31-15-37(55-2)39(57-4)17-35(31)48)45(23-43-34)19-25-5-7-26(8-6-25)22-59(49,50)51/h5-10,13-18,21,23-24H,11-12,19-20,22H2,1-4H3,(H2-,49,50,51,52,53)/p+1. The van der Waals surface area contributed by atoms with Crippen LogP contribution in [0.15, 0.2) is 91.8 Å². The minimum Gasteiger partial charge on any atom is -0.493 e. The second-order valence-corrected chi connectivity index (χ2v) is 17.8. The fraction of sp³-hybridized carbons (Fsp3) is 0.220. The first kappa shape index (κ1) is 39.4. The molecular formula is C41H40N7O10P2+. The Morgan fingerprint density at radius 1 is 0.700 bits per heavy atom. The van der Waals surface area contributed by atoms with Crippen LogP contribution in [0, 0.1) is 0 Å². The lowest BCUT2D eigenvalue weighted by Gasteiger charge is -2.29. The largest absolute Gasteiger partial charge is 0.518 e. The molecule has 0 bridgehead atoms. The fourth-order valence-electron chi connectivity index (χ4n) is 7.85. The molecule has 0 amide bonds. The first-order valence-electron chi connectivity index (χ1n) is 18.7. The van der Waals surface area contributed by atoms with Gasteiger partial charge < -0.3 is 33.3 Å². The average Bonchev–Trinajstić information content (AvgIpc) is 3.86. The highest BCUT2D eigenvalue weighted by atomic mass is 31.2. The Kier molecular flexibility index (Phi) is 9.98. The van der Waals surface area contributed by atoms with Crippen molar-refractivity contribution < 1.29 is 52.1 Å². The van der Waals surface area contributed by atoms with E-state index >= 15 is 0 Å². The van der Waals surface area contributed by atoms with Crippen molar-refractivity contribution in [3.05, 3.63) is 114 Å². The van der Waals surface area contributed by atoms with Gasteiger partial charge in [0.25, 0.3) is 11.7 Å². The molecule has 0 spiro atoms. The van der Waals surface area contributed by atoms with Gasteiger partial charge in [-0.1, -0.05) is 30.3 Å². The Bertz CT molecular complexity index is 3080. The summed E-state index contributed by atoms with van der Waals surface area (Å²) in [6, 6.07) is 20.2. The van der Waals surface area contributed by atoms with Gasteiger partial charge in [-0.3, -0.25) is 19.0 Å². The number of imidazole rings is 2. The lowest BCUT2D eigenvalue weighted by Crippen LogP contribution is -2.45. The van der Waals surface area contributed by atoms with E-state index in [1.54, 1.807) is 63.5 Å². The Morgan fingerprint density at radius 3 is 2.08 bits per heavy atom. The van der Waals surface area contributed by atoms with Crippen LogP contribution in [-0.4, -0.2) is 78.4 Å². The van der Waals surface area contributed by atoms with Gasteiger partial charge in [0.15, 0.2) is 28.5 Å². The molecule has 3 N–H and O–H groups in total. The summed E-state index contributed by atoms with van der Waals surface area (Å²) in [7, 11) is -2.54. The van der Waals surface area contributed by atoms with E-state index in [9.17, 15) is 23.8 Å². The van der Waals surface area contributed by atoms with Gasteiger partial charge in [0.05, 0.1) is 75.1 Å². The lowest BCUT2D eigenvalue weighted by atomic mass is 10.0. The van der Waals surface area contributed by atoms with Crippen molar-refractivity contribution in [1.82, 2.24) is 28.8 Å². The maximum atomic E-state index is 14.4. The Hall–Kier alpha value is -6.06. The van der Waals surface area contributed by atoms with Crippen LogP contribution in [0.4, 0.5) is 0 Å². The van der Waals surface area contributed by atoms with Crippen molar-refractivity contribution in [2.24, 2.45) is 0 Å². The number of benzene rings is 4. The minimum atomic E-state index is -4.52. The molecule has 1 unspecified atom stereocenters. The zero-order valence-electron chi connectivity index (χ0n) is 32.9. The van der Waals surface area contributed by atoms with E-state index in [0.29, 0.717) is 74.5 Å². The number of aromatic nitrogens is 6. The predicted molar refractivity (Wildman–Crippen MR) is 222 cm³/mol. The number of hydrogen-bond donors (Lipinski definition) is 3. The van der Waals surface area contributed by atoms with Crippen molar-refractivity contribution in [3.8, 4) is 28.7 Å². The van der Waals surface area contributed by atoms with Gasteiger partial charge in [-0.05, 0) is 46.9 Å². The van der Waals surface area contributed by atoms with Gasteiger partial charge in [-0.15, -0.1) is 0 Å². The van der Waals surface area contributed by atoms with Gasteiger partial charge in [0.1, 0.15) is 11.8 Å². The van der Waals surface area contributed by atoms with Gasteiger partial charge in [0, 0.05) is 47.6 Å². The molecule has 0 saturated heterocycles. The first-order chi connectivity index (χ1) is 28.9. The van der Waals surface area contributed by atoms with Crippen molar-refractivity contribution in [1.29, 1.82) is 0 Å². The zero-order valence-corrected chi connectivity index (χ0v) is 34.7. The quantitative estimate of drug-likeness (QED) is 0.0998. The number of rotatable bonds is 12. The van der Waals surface area contributed by atoms with Crippen LogP contribution >= 0.6 is 15.3 Å². The number of ether oxygens (including phenoxy) is 4. The third-order valence-corrected chi connectivity index (χ3v) is 13.0. The maximum absolute atomic E-state index is 14.4. The molecule has 1 aliphatic heterocycles. The summed E-state index contributed by atoms with van der Waals surface area (Å²) in [5.74, 6) is 1.94. The molecule has 1 aliphatic rings. The molecule has 0 saturated carbocycles. The summed E-state index contributed by atoms with van der Waals surface area (Å²) in [4.78, 5) is 44.4. The van der Waals surface area contributed by atoms with Crippen molar-refractivity contribution >= 4 is 59.2 Å². The first-order valence-corrected chi connectivity index (χ1v) is 22.0. The summed E-state index contributed by atoms with van der Waals surface area (Å²) in [5, 5.41) is 1.44. The van der Waals surface area contributed by atoms with Crippen molar-refractivity contribution in [2.45, 2.75) is 25.7 Å². The molecule has 9 rings (SSSR count). The second-order valence-electron chi connectivity index (χ2n) is 14.4. The predicted octanol–water partition coefficient (Wildman–Crippen LogP) is 5.71. The topological polar surface area (TPSA) is 197 Å². The van der Waals surface area contributed by atoms with Crippen molar-refractivity contribution in [2.75, 3.05) is 35.0 Å². The van der Waals surface area contributed by atoms with Crippen LogP contribution in [0.3, 0.4) is 0 Å². The van der Waals surface area contributed by atoms with E-state index in [-0.39, 0.29) is 19.3 Å². The van der Waals surface area contributed by atoms with E-state index in [1.165, 1.54) is 23.6 Å². The van der Waals surface area contributed by atoms with E-state index in [4.69, 9.17) is 23.6 Å². The number of nitrogens with zero attached hydrogens (tertiary/aromatic N) is 7. The molecule has 60 heavy (non-hydrogen) atoms. The van der Waals surface area contributed by atoms with E-state index < -0.39 is 15.3 Å². The van der Waals surface area contributed by atoms with Crippen molar-refractivity contribution in [3.63, 3.8) is 0 Å². The highest BCUT2D eigenvalue weighted by Crippen LogP contribution is 2.46. The van der Waals surface area contributed by atoms with Gasteiger partial charge in [-0.25, -0.2) is 14.5 Å². The third kappa shape index (κ3) is 7.19. The molecule has 5 heterocycles. The monoisotopic (exact) mass is 852 g/mol. The molecule has 0 radical (unpaired) electrons. The smallest absolute Gasteiger partial charge is 0.493 e. The second kappa shape index (κ2) is 15.2. The minimum absolute atomic E-state index is 0.135. The normalized spacial score (nSPS) is 14.4. The highest BCUT2D eigenvalue weighted by Gasteiger charge is 2.40. The molecular weight excluding hydrogens is 812 g/mol.